The van der Waals surface area contributed by atoms with Crippen molar-refractivity contribution in [2.75, 3.05) is 0 Å². The molecular formula is C45H28F2N4. The Morgan fingerprint density at radius 2 is 0.941 bits per heavy atom. The van der Waals surface area contributed by atoms with Gasteiger partial charge in [-0.25, -0.2) is 23.7 Å². The van der Waals surface area contributed by atoms with E-state index >= 15 is 4.39 Å². The van der Waals surface area contributed by atoms with E-state index in [-0.39, 0.29) is 5.56 Å². The average Bonchev–Trinajstić information content (AvgIpc) is 3.52. The minimum Gasteiger partial charge on any atom is -0.309 e. The highest BCUT2D eigenvalue weighted by Crippen LogP contribution is 2.39. The van der Waals surface area contributed by atoms with Gasteiger partial charge in [0.1, 0.15) is 11.6 Å². The number of hydrogen-bond acceptors (Lipinski definition) is 3. The molecule has 0 radical (unpaired) electrons. The Morgan fingerprint density at radius 3 is 1.61 bits per heavy atom. The topological polar surface area (TPSA) is 43.6 Å². The Hall–Kier alpha value is -6.79. The third kappa shape index (κ3) is 5.53. The van der Waals surface area contributed by atoms with Crippen LogP contribution in [-0.4, -0.2) is 19.5 Å². The van der Waals surface area contributed by atoms with Crippen molar-refractivity contribution in [1.82, 2.24) is 19.5 Å². The molecule has 9 aromatic rings. The van der Waals surface area contributed by atoms with E-state index in [1.807, 2.05) is 109 Å². The lowest BCUT2D eigenvalue weighted by molar-refractivity contribution is 0.585. The van der Waals surface area contributed by atoms with Gasteiger partial charge in [0.2, 0.25) is 0 Å². The molecule has 0 spiro atoms. The molecule has 0 saturated carbocycles. The number of aromatic nitrogens is 4. The number of rotatable bonds is 6. The number of hydrogen-bond donors (Lipinski definition) is 0. The molecular weight excluding hydrogens is 635 g/mol. The normalized spacial score (nSPS) is 11.3. The monoisotopic (exact) mass is 662 g/mol. The van der Waals surface area contributed by atoms with Crippen molar-refractivity contribution in [2.24, 2.45) is 0 Å². The zero-order valence-corrected chi connectivity index (χ0v) is 27.2. The van der Waals surface area contributed by atoms with Gasteiger partial charge in [0.25, 0.3) is 0 Å². The van der Waals surface area contributed by atoms with Crippen molar-refractivity contribution in [1.29, 1.82) is 0 Å². The molecule has 9 rings (SSSR count). The molecule has 51 heavy (non-hydrogen) atoms. The molecule has 0 aliphatic rings. The van der Waals surface area contributed by atoms with Crippen LogP contribution >= 0.6 is 0 Å². The van der Waals surface area contributed by atoms with Crippen LogP contribution in [0.3, 0.4) is 0 Å². The number of halogens is 2. The van der Waals surface area contributed by atoms with Crippen molar-refractivity contribution in [3.8, 4) is 62.1 Å². The van der Waals surface area contributed by atoms with Crippen molar-refractivity contribution < 1.29 is 8.78 Å². The minimum absolute atomic E-state index is 0.239. The fraction of sp³-hybridized carbons (Fsp3) is 0. The summed E-state index contributed by atoms with van der Waals surface area (Å²) in [7, 11) is 0. The van der Waals surface area contributed by atoms with Crippen molar-refractivity contribution in [2.45, 2.75) is 0 Å². The Morgan fingerprint density at radius 1 is 0.373 bits per heavy atom. The van der Waals surface area contributed by atoms with Gasteiger partial charge in [-0.15, -0.1) is 0 Å². The van der Waals surface area contributed by atoms with Gasteiger partial charge in [-0.1, -0.05) is 115 Å². The summed E-state index contributed by atoms with van der Waals surface area (Å²) in [5, 5.41) is 2.20. The van der Waals surface area contributed by atoms with Crippen LogP contribution in [0.1, 0.15) is 0 Å². The van der Waals surface area contributed by atoms with Gasteiger partial charge in [0.15, 0.2) is 17.5 Å². The molecule has 0 bridgehead atoms. The standard InChI is InChI=1S/C45H28F2N4/c46-33-21-23-35(40(47)27-33)38-28-34(51-41-19-11-10-18-36(41)39-26-32(20-25-42(39)51)29-12-4-1-5-13-29)22-24-37(38)45-49-43(30-14-6-2-7-15-30)48-44(50-45)31-16-8-3-9-17-31/h1-28H. The fourth-order valence-corrected chi connectivity index (χ4v) is 6.79. The zero-order valence-electron chi connectivity index (χ0n) is 27.2. The first-order chi connectivity index (χ1) is 25.1. The molecule has 0 fully saturated rings. The van der Waals surface area contributed by atoms with E-state index in [0.29, 0.717) is 28.6 Å². The second-order valence-electron chi connectivity index (χ2n) is 12.3. The second-order valence-corrected chi connectivity index (χ2v) is 12.3. The molecule has 0 atom stereocenters. The van der Waals surface area contributed by atoms with E-state index in [0.717, 1.165) is 55.8 Å². The van der Waals surface area contributed by atoms with E-state index in [2.05, 4.69) is 47.0 Å². The Balaban J connectivity index is 1.29. The van der Waals surface area contributed by atoms with E-state index < -0.39 is 11.6 Å². The van der Waals surface area contributed by atoms with Crippen LogP contribution in [0, 0.1) is 11.6 Å². The zero-order chi connectivity index (χ0) is 34.3. The molecule has 0 saturated heterocycles. The summed E-state index contributed by atoms with van der Waals surface area (Å²) in [5.41, 5.74) is 8.09. The fourth-order valence-electron chi connectivity index (χ4n) is 6.79. The van der Waals surface area contributed by atoms with E-state index in [1.165, 1.54) is 12.1 Å². The number of benzene rings is 7. The van der Waals surface area contributed by atoms with Gasteiger partial charge in [-0.2, -0.15) is 0 Å². The quantitative estimate of drug-likeness (QED) is 0.178. The van der Waals surface area contributed by atoms with E-state index in [4.69, 9.17) is 15.0 Å². The highest BCUT2D eigenvalue weighted by Gasteiger charge is 2.20. The van der Waals surface area contributed by atoms with Gasteiger partial charge in [0.05, 0.1) is 11.0 Å². The van der Waals surface area contributed by atoms with Crippen LogP contribution in [0.25, 0.3) is 83.9 Å². The first-order valence-corrected chi connectivity index (χ1v) is 16.7. The number of fused-ring (bicyclic) bond motifs is 3. The molecule has 242 valence electrons. The second kappa shape index (κ2) is 12.6. The highest BCUT2D eigenvalue weighted by molar-refractivity contribution is 6.10. The molecule has 6 heteroatoms. The Kier molecular flexibility index (Phi) is 7.47. The van der Waals surface area contributed by atoms with Gasteiger partial charge < -0.3 is 4.57 Å². The molecule has 0 aliphatic heterocycles. The largest absolute Gasteiger partial charge is 0.309 e. The summed E-state index contributed by atoms with van der Waals surface area (Å²) in [5.74, 6) is 0.0336. The third-order valence-corrected chi connectivity index (χ3v) is 9.20. The number of nitrogens with zero attached hydrogens (tertiary/aromatic N) is 4. The van der Waals surface area contributed by atoms with Gasteiger partial charge in [-0.05, 0) is 65.2 Å². The number of para-hydroxylation sites is 1. The van der Waals surface area contributed by atoms with E-state index in [9.17, 15) is 4.39 Å². The maximum Gasteiger partial charge on any atom is 0.164 e. The van der Waals surface area contributed by atoms with Crippen molar-refractivity contribution in [3.63, 3.8) is 0 Å². The maximum absolute atomic E-state index is 15.8. The first kappa shape index (κ1) is 30.3. The molecule has 7 aromatic carbocycles. The molecule has 4 nitrogen and oxygen atoms in total. The highest BCUT2D eigenvalue weighted by atomic mass is 19.1. The Labute approximate surface area is 293 Å². The van der Waals surface area contributed by atoms with E-state index in [1.54, 1.807) is 0 Å². The third-order valence-electron chi connectivity index (χ3n) is 9.20. The van der Waals surface area contributed by atoms with Crippen LogP contribution in [0.4, 0.5) is 8.78 Å². The lowest BCUT2D eigenvalue weighted by atomic mass is 9.97. The molecule has 0 amide bonds. The van der Waals surface area contributed by atoms with Gasteiger partial charge in [0, 0.05) is 44.8 Å². The summed E-state index contributed by atoms with van der Waals surface area (Å²) in [6.45, 7) is 0. The van der Waals surface area contributed by atoms with Crippen LogP contribution in [0.15, 0.2) is 170 Å². The summed E-state index contributed by atoms with van der Waals surface area (Å²) >= 11 is 0. The molecule has 0 N–H and O–H groups in total. The molecule has 0 unspecified atom stereocenters. The smallest absolute Gasteiger partial charge is 0.164 e. The van der Waals surface area contributed by atoms with Crippen LogP contribution < -0.4 is 0 Å². The van der Waals surface area contributed by atoms with Crippen LogP contribution in [0.2, 0.25) is 0 Å². The molecule has 0 aliphatic carbocycles. The van der Waals surface area contributed by atoms with Gasteiger partial charge >= 0.3 is 0 Å². The maximum atomic E-state index is 15.8. The first-order valence-electron chi connectivity index (χ1n) is 16.7. The summed E-state index contributed by atoms with van der Waals surface area (Å²) in [6, 6.07) is 54.0. The van der Waals surface area contributed by atoms with Crippen molar-refractivity contribution in [3.05, 3.63) is 181 Å². The predicted octanol–water partition coefficient (Wildman–Crippen LogP) is 11.6. The summed E-state index contributed by atoms with van der Waals surface area (Å²) < 4.78 is 32.3. The van der Waals surface area contributed by atoms with Crippen LogP contribution in [0.5, 0.6) is 0 Å². The summed E-state index contributed by atoms with van der Waals surface area (Å²) in [4.78, 5) is 14.7. The van der Waals surface area contributed by atoms with Crippen LogP contribution in [-0.2, 0) is 0 Å². The lowest BCUT2D eigenvalue weighted by Crippen LogP contribution is -2.02. The summed E-state index contributed by atoms with van der Waals surface area (Å²) in [6.07, 6.45) is 0. The minimum atomic E-state index is -0.677. The average molecular weight is 663 g/mol. The SMILES string of the molecule is Fc1ccc(-c2cc(-n3c4ccccc4c4cc(-c5ccccc5)ccc43)ccc2-c2nc(-c3ccccc3)nc(-c3ccccc3)n2)c(F)c1. The Bertz CT molecular complexity index is 2650. The van der Waals surface area contributed by atoms with Gasteiger partial charge in [-0.3, -0.25) is 0 Å². The molecule has 2 aromatic heterocycles. The molecule has 2 heterocycles. The lowest BCUT2D eigenvalue weighted by Gasteiger charge is -2.16. The predicted molar refractivity (Wildman–Crippen MR) is 201 cm³/mol. The van der Waals surface area contributed by atoms with Crippen molar-refractivity contribution >= 4 is 21.8 Å².